The zero-order valence-corrected chi connectivity index (χ0v) is 11.1. The van der Waals surface area contributed by atoms with Crippen molar-refractivity contribution in [2.24, 2.45) is 0 Å². The maximum absolute atomic E-state index is 11.9. The van der Waals surface area contributed by atoms with Crippen LogP contribution in [0.15, 0.2) is 36.4 Å². The first kappa shape index (κ1) is 12.0. The third kappa shape index (κ3) is 1.86. The number of fused-ring (bicyclic) bond motifs is 1. The van der Waals surface area contributed by atoms with Gasteiger partial charge in [0.15, 0.2) is 0 Å². The van der Waals surface area contributed by atoms with E-state index in [0.717, 1.165) is 28.5 Å². The van der Waals surface area contributed by atoms with Gasteiger partial charge in [0.1, 0.15) is 5.75 Å². The van der Waals surface area contributed by atoms with Gasteiger partial charge in [0.2, 0.25) is 0 Å². The molecule has 0 amide bonds. The van der Waals surface area contributed by atoms with Gasteiger partial charge >= 0.3 is 5.97 Å². The summed E-state index contributed by atoms with van der Waals surface area (Å²) in [4.78, 5) is 11.9. The molecular formula is C16H16O3. The van der Waals surface area contributed by atoms with Crippen molar-refractivity contribution in [3.63, 3.8) is 0 Å². The van der Waals surface area contributed by atoms with Crippen LogP contribution in [-0.2, 0) is 14.9 Å². The molecule has 1 fully saturated rings. The minimum absolute atomic E-state index is 0.125. The normalized spacial score (nSPS) is 22.5. The molecular weight excluding hydrogens is 240 g/mol. The first-order valence-electron chi connectivity index (χ1n) is 6.39. The van der Waals surface area contributed by atoms with Crippen molar-refractivity contribution in [1.82, 2.24) is 0 Å². The lowest BCUT2D eigenvalue weighted by Gasteiger charge is -2.19. The van der Waals surface area contributed by atoms with Crippen LogP contribution in [0, 0.1) is 0 Å². The molecule has 19 heavy (non-hydrogen) atoms. The number of hydrogen-bond donors (Lipinski definition) is 0. The lowest BCUT2D eigenvalue weighted by atomic mass is 9.80. The van der Waals surface area contributed by atoms with Crippen molar-refractivity contribution < 1.29 is 14.3 Å². The van der Waals surface area contributed by atoms with Crippen molar-refractivity contribution in [3.05, 3.63) is 42.0 Å². The highest BCUT2D eigenvalue weighted by atomic mass is 16.5. The van der Waals surface area contributed by atoms with Crippen LogP contribution in [0.1, 0.15) is 18.9 Å². The fourth-order valence-corrected chi connectivity index (χ4v) is 2.57. The van der Waals surface area contributed by atoms with E-state index in [0.29, 0.717) is 6.61 Å². The quantitative estimate of drug-likeness (QED) is 0.775. The molecule has 3 heteroatoms. The molecule has 1 saturated heterocycles. The van der Waals surface area contributed by atoms with E-state index >= 15 is 0 Å². The molecule has 2 aromatic rings. The highest BCUT2D eigenvalue weighted by molar-refractivity contribution is 5.89. The van der Waals surface area contributed by atoms with E-state index in [1.54, 1.807) is 7.11 Å². The molecule has 0 aliphatic carbocycles. The van der Waals surface area contributed by atoms with E-state index < -0.39 is 5.41 Å². The third-order valence-electron chi connectivity index (χ3n) is 3.97. The molecule has 0 bridgehead atoms. The summed E-state index contributed by atoms with van der Waals surface area (Å²) in [6, 6.07) is 12.1. The number of carbonyl (C=O) groups is 1. The molecule has 0 radical (unpaired) electrons. The van der Waals surface area contributed by atoms with Gasteiger partial charge in [-0.2, -0.15) is 0 Å². The van der Waals surface area contributed by atoms with E-state index in [1.165, 1.54) is 0 Å². The minimum atomic E-state index is -0.506. The van der Waals surface area contributed by atoms with Crippen molar-refractivity contribution >= 4 is 16.7 Å². The lowest BCUT2D eigenvalue weighted by Crippen LogP contribution is -2.27. The molecule has 0 saturated carbocycles. The summed E-state index contributed by atoms with van der Waals surface area (Å²) >= 11 is 0. The zero-order valence-electron chi connectivity index (χ0n) is 11.1. The molecule has 1 heterocycles. The van der Waals surface area contributed by atoms with Crippen molar-refractivity contribution in [3.8, 4) is 5.75 Å². The second-order valence-corrected chi connectivity index (χ2v) is 5.15. The zero-order chi connectivity index (χ0) is 13.5. The topological polar surface area (TPSA) is 35.5 Å². The van der Waals surface area contributed by atoms with Crippen molar-refractivity contribution in [2.75, 3.05) is 13.7 Å². The van der Waals surface area contributed by atoms with E-state index in [9.17, 15) is 4.79 Å². The second kappa shape index (κ2) is 4.26. The Morgan fingerprint density at radius 1 is 1.16 bits per heavy atom. The summed E-state index contributed by atoms with van der Waals surface area (Å²) in [5.41, 5.74) is 0.515. The van der Waals surface area contributed by atoms with Crippen LogP contribution < -0.4 is 4.74 Å². The summed E-state index contributed by atoms with van der Waals surface area (Å²) < 4.78 is 10.3. The van der Waals surface area contributed by atoms with Gasteiger partial charge < -0.3 is 9.47 Å². The SMILES string of the molecule is COc1ccc2cc([C@]3(C)CCOC3=O)ccc2c1. The smallest absolute Gasteiger partial charge is 0.316 e. The van der Waals surface area contributed by atoms with E-state index in [-0.39, 0.29) is 5.97 Å². The number of methoxy groups -OCH3 is 1. The molecule has 98 valence electrons. The summed E-state index contributed by atoms with van der Waals surface area (Å²) in [5, 5.41) is 2.22. The minimum Gasteiger partial charge on any atom is -0.497 e. The maximum Gasteiger partial charge on any atom is 0.316 e. The number of ether oxygens (including phenoxy) is 2. The van der Waals surface area contributed by atoms with Crippen molar-refractivity contribution in [2.45, 2.75) is 18.8 Å². The van der Waals surface area contributed by atoms with Crippen LogP contribution in [0.25, 0.3) is 10.8 Å². The first-order valence-corrected chi connectivity index (χ1v) is 6.39. The molecule has 1 atom stereocenters. The molecule has 3 rings (SSSR count). The average Bonchev–Trinajstić information content (AvgIpc) is 2.78. The number of carbonyl (C=O) groups excluding carboxylic acids is 1. The lowest BCUT2D eigenvalue weighted by molar-refractivity contribution is -0.142. The summed E-state index contributed by atoms with van der Waals surface area (Å²) in [6.45, 7) is 2.46. The monoisotopic (exact) mass is 256 g/mol. The first-order chi connectivity index (χ1) is 9.13. The van der Waals surface area contributed by atoms with Gasteiger partial charge in [-0.05, 0) is 35.4 Å². The van der Waals surface area contributed by atoms with Gasteiger partial charge in [-0.1, -0.05) is 24.3 Å². The summed E-state index contributed by atoms with van der Waals surface area (Å²) in [7, 11) is 1.66. The number of benzene rings is 2. The Bertz CT molecular complexity index is 647. The van der Waals surface area contributed by atoms with Gasteiger partial charge in [-0.3, -0.25) is 4.79 Å². The number of rotatable bonds is 2. The van der Waals surface area contributed by atoms with E-state index in [1.807, 2.05) is 37.3 Å². The van der Waals surface area contributed by atoms with Gasteiger partial charge in [0, 0.05) is 6.42 Å². The van der Waals surface area contributed by atoms with Crippen LogP contribution in [0.3, 0.4) is 0 Å². The summed E-state index contributed by atoms with van der Waals surface area (Å²) in [6.07, 6.45) is 0.744. The Morgan fingerprint density at radius 3 is 2.58 bits per heavy atom. The Kier molecular flexibility index (Phi) is 2.70. The van der Waals surface area contributed by atoms with Crippen LogP contribution in [0.5, 0.6) is 5.75 Å². The van der Waals surface area contributed by atoms with Crippen LogP contribution in [0.4, 0.5) is 0 Å². The Morgan fingerprint density at radius 2 is 1.89 bits per heavy atom. The molecule has 0 spiro atoms. The molecule has 0 aromatic heterocycles. The highest BCUT2D eigenvalue weighted by Crippen LogP contribution is 2.35. The predicted octanol–water partition coefficient (Wildman–Crippen LogP) is 3.05. The largest absolute Gasteiger partial charge is 0.497 e. The molecule has 0 N–H and O–H groups in total. The van der Waals surface area contributed by atoms with Gasteiger partial charge in [0.05, 0.1) is 19.1 Å². The standard InChI is InChI=1S/C16H16O3/c1-16(7-8-19-15(16)17)13-5-3-12-10-14(18-2)6-4-11(12)9-13/h3-6,9-10H,7-8H2,1-2H3/t16-/m0/s1. The van der Waals surface area contributed by atoms with E-state index in [2.05, 4.69) is 6.07 Å². The number of cyclic esters (lactones) is 1. The van der Waals surface area contributed by atoms with Crippen LogP contribution >= 0.6 is 0 Å². The molecule has 3 nitrogen and oxygen atoms in total. The molecule has 0 unspecified atom stereocenters. The fourth-order valence-electron chi connectivity index (χ4n) is 2.57. The van der Waals surface area contributed by atoms with Crippen molar-refractivity contribution in [1.29, 1.82) is 0 Å². The fraction of sp³-hybridized carbons (Fsp3) is 0.312. The average molecular weight is 256 g/mol. The molecule has 1 aliphatic heterocycles. The molecule has 2 aromatic carbocycles. The highest BCUT2D eigenvalue weighted by Gasteiger charge is 2.41. The number of esters is 1. The molecule has 1 aliphatic rings. The Hall–Kier alpha value is -2.03. The van der Waals surface area contributed by atoms with Gasteiger partial charge in [0.25, 0.3) is 0 Å². The summed E-state index contributed by atoms with van der Waals surface area (Å²) in [5.74, 6) is 0.715. The second-order valence-electron chi connectivity index (χ2n) is 5.15. The van der Waals surface area contributed by atoms with E-state index in [4.69, 9.17) is 9.47 Å². The Labute approximate surface area is 112 Å². The third-order valence-corrected chi connectivity index (χ3v) is 3.97. The maximum atomic E-state index is 11.9. The number of hydrogen-bond acceptors (Lipinski definition) is 3. The van der Waals surface area contributed by atoms with Gasteiger partial charge in [-0.25, -0.2) is 0 Å². The van der Waals surface area contributed by atoms with Crippen LogP contribution in [0.2, 0.25) is 0 Å². The van der Waals surface area contributed by atoms with Crippen LogP contribution in [-0.4, -0.2) is 19.7 Å². The Balaban J connectivity index is 2.09. The predicted molar refractivity (Wildman–Crippen MR) is 73.4 cm³/mol. The van der Waals surface area contributed by atoms with Gasteiger partial charge in [-0.15, -0.1) is 0 Å².